The lowest BCUT2D eigenvalue weighted by Gasteiger charge is -2.22. The second-order valence-corrected chi connectivity index (χ2v) is 4.30. The highest BCUT2D eigenvalue weighted by molar-refractivity contribution is 5.44. The molecule has 0 saturated carbocycles. The molecule has 17 heavy (non-hydrogen) atoms. The average molecular weight is 236 g/mol. The fraction of sp³-hybridized carbons (Fsp3) is 0.643. The van der Waals surface area contributed by atoms with Crippen molar-refractivity contribution in [3.8, 4) is 0 Å². The molecule has 0 spiro atoms. The molecule has 1 aromatic heterocycles. The predicted octanol–water partition coefficient (Wildman–Crippen LogP) is 3.15. The van der Waals surface area contributed by atoms with Crippen LogP contribution in [0.4, 0.5) is 5.69 Å². The quantitative estimate of drug-likeness (QED) is 0.790. The van der Waals surface area contributed by atoms with Crippen LogP contribution < -0.4 is 4.90 Å². The minimum Gasteiger partial charge on any atom is -0.387 e. The number of pyridine rings is 1. The van der Waals surface area contributed by atoms with E-state index in [9.17, 15) is 5.11 Å². The van der Waals surface area contributed by atoms with Crippen molar-refractivity contribution in [3.63, 3.8) is 0 Å². The normalized spacial score (nSPS) is 12.5. The van der Waals surface area contributed by atoms with E-state index in [4.69, 9.17) is 0 Å². The SMILES string of the molecule is CCCCN(CC)c1ccc([C@@H](O)CC)nc1. The number of nitrogens with zero attached hydrogens (tertiary/aromatic N) is 2. The highest BCUT2D eigenvalue weighted by Crippen LogP contribution is 2.18. The van der Waals surface area contributed by atoms with Crippen molar-refractivity contribution in [2.24, 2.45) is 0 Å². The van der Waals surface area contributed by atoms with E-state index >= 15 is 0 Å². The predicted molar refractivity (Wildman–Crippen MR) is 72.3 cm³/mol. The van der Waals surface area contributed by atoms with Crippen molar-refractivity contribution < 1.29 is 5.11 Å². The Labute approximate surface area is 104 Å². The lowest BCUT2D eigenvalue weighted by molar-refractivity contribution is 0.169. The molecule has 0 radical (unpaired) electrons. The summed E-state index contributed by atoms with van der Waals surface area (Å²) in [6.45, 7) is 8.39. The van der Waals surface area contributed by atoms with Gasteiger partial charge in [-0.3, -0.25) is 4.98 Å². The Morgan fingerprint density at radius 2 is 2.06 bits per heavy atom. The third-order valence-corrected chi connectivity index (χ3v) is 3.03. The highest BCUT2D eigenvalue weighted by Gasteiger charge is 2.08. The fourth-order valence-corrected chi connectivity index (χ4v) is 1.81. The van der Waals surface area contributed by atoms with Crippen LogP contribution in [0.5, 0.6) is 0 Å². The number of aliphatic hydroxyl groups is 1. The van der Waals surface area contributed by atoms with Crippen LogP contribution in [-0.2, 0) is 0 Å². The van der Waals surface area contributed by atoms with Gasteiger partial charge >= 0.3 is 0 Å². The van der Waals surface area contributed by atoms with E-state index in [-0.39, 0.29) is 0 Å². The highest BCUT2D eigenvalue weighted by atomic mass is 16.3. The van der Waals surface area contributed by atoms with Crippen LogP contribution >= 0.6 is 0 Å². The van der Waals surface area contributed by atoms with Gasteiger partial charge in [-0.25, -0.2) is 0 Å². The van der Waals surface area contributed by atoms with E-state index in [1.54, 1.807) is 0 Å². The zero-order valence-electron chi connectivity index (χ0n) is 11.2. The Hall–Kier alpha value is -1.09. The average Bonchev–Trinajstić information content (AvgIpc) is 2.39. The van der Waals surface area contributed by atoms with Crippen molar-refractivity contribution >= 4 is 5.69 Å². The van der Waals surface area contributed by atoms with Crippen molar-refractivity contribution in [1.29, 1.82) is 0 Å². The molecule has 0 bridgehead atoms. The summed E-state index contributed by atoms with van der Waals surface area (Å²) in [6.07, 6.45) is 4.55. The van der Waals surface area contributed by atoms with Crippen molar-refractivity contribution in [2.75, 3.05) is 18.0 Å². The topological polar surface area (TPSA) is 36.4 Å². The van der Waals surface area contributed by atoms with E-state index in [0.717, 1.165) is 24.5 Å². The van der Waals surface area contributed by atoms with E-state index < -0.39 is 6.10 Å². The summed E-state index contributed by atoms with van der Waals surface area (Å²) >= 11 is 0. The van der Waals surface area contributed by atoms with Gasteiger partial charge in [-0.15, -0.1) is 0 Å². The Bertz CT molecular complexity index is 311. The molecule has 3 nitrogen and oxygen atoms in total. The Morgan fingerprint density at radius 3 is 2.53 bits per heavy atom. The van der Waals surface area contributed by atoms with Crippen LogP contribution in [0.3, 0.4) is 0 Å². The first-order valence-electron chi connectivity index (χ1n) is 6.61. The molecular formula is C14H24N2O. The Kier molecular flexibility index (Phi) is 5.98. The number of rotatable bonds is 7. The Balaban J connectivity index is 2.70. The van der Waals surface area contributed by atoms with Crippen LogP contribution in [0, 0.1) is 0 Å². The van der Waals surface area contributed by atoms with Crippen LogP contribution in [-0.4, -0.2) is 23.2 Å². The summed E-state index contributed by atoms with van der Waals surface area (Å²) in [6, 6.07) is 3.98. The van der Waals surface area contributed by atoms with Gasteiger partial charge in [0.15, 0.2) is 0 Å². The van der Waals surface area contributed by atoms with Gasteiger partial charge in [0, 0.05) is 13.1 Å². The lowest BCUT2D eigenvalue weighted by Crippen LogP contribution is -2.24. The van der Waals surface area contributed by atoms with E-state index in [1.807, 2.05) is 19.2 Å². The standard InChI is InChI=1S/C14H24N2O/c1-4-7-10-16(6-3)12-8-9-13(15-11-12)14(17)5-2/h8-9,11,14,17H,4-7,10H2,1-3H3/t14-/m0/s1. The monoisotopic (exact) mass is 236 g/mol. The van der Waals surface area contributed by atoms with Crippen LogP contribution in [0.25, 0.3) is 0 Å². The molecule has 0 aromatic carbocycles. The zero-order chi connectivity index (χ0) is 12.7. The van der Waals surface area contributed by atoms with Crippen molar-refractivity contribution in [3.05, 3.63) is 24.0 Å². The molecule has 96 valence electrons. The third kappa shape index (κ3) is 4.00. The maximum Gasteiger partial charge on any atom is 0.0957 e. The van der Waals surface area contributed by atoms with E-state index in [2.05, 4.69) is 29.8 Å². The van der Waals surface area contributed by atoms with E-state index in [0.29, 0.717) is 6.42 Å². The Morgan fingerprint density at radius 1 is 1.29 bits per heavy atom. The summed E-state index contributed by atoms with van der Waals surface area (Å²) in [5.74, 6) is 0. The van der Waals surface area contributed by atoms with Gasteiger partial charge in [-0.2, -0.15) is 0 Å². The van der Waals surface area contributed by atoms with Crippen molar-refractivity contribution in [2.45, 2.75) is 46.1 Å². The summed E-state index contributed by atoms with van der Waals surface area (Å²) in [5, 5.41) is 9.68. The first kappa shape index (κ1) is 14.0. The molecule has 0 saturated heterocycles. The van der Waals surface area contributed by atoms with Gasteiger partial charge in [0.2, 0.25) is 0 Å². The molecule has 1 N–H and O–H groups in total. The summed E-state index contributed by atoms with van der Waals surface area (Å²) < 4.78 is 0. The van der Waals surface area contributed by atoms with Crippen LogP contribution in [0.15, 0.2) is 18.3 Å². The number of hydrogen-bond donors (Lipinski definition) is 1. The smallest absolute Gasteiger partial charge is 0.0957 e. The third-order valence-electron chi connectivity index (χ3n) is 3.03. The lowest BCUT2D eigenvalue weighted by atomic mass is 10.2. The number of aliphatic hydroxyl groups excluding tert-OH is 1. The van der Waals surface area contributed by atoms with Gasteiger partial charge in [-0.1, -0.05) is 20.3 Å². The fourth-order valence-electron chi connectivity index (χ4n) is 1.81. The largest absolute Gasteiger partial charge is 0.387 e. The first-order valence-corrected chi connectivity index (χ1v) is 6.61. The molecule has 0 aliphatic carbocycles. The van der Waals surface area contributed by atoms with Crippen LogP contribution in [0.2, 0.25) is 0 Å². The second kappa shape index (κ2) is 7.28. The maximum absolute atomic E-state index is 9.68. The molecule has 0 aliphatic rings. The number of aromatic nitrogens is 1. The maximum atomic E-state index is 9.68. The molecule has 1 heterocycles. The molecule has 3 heteroatoms. The van der Waals surface area contributed by atoms with Crippen molar-refractivity contribution in [1.82, 2.24) is 4.98 Å². The molecule has 1 rings (SSSR count). The first-order chi connectivity index (χ1) is 8.22. The summed E-state index contributed by atoms with van der Waals surface area (Å²) in [4.78, 5) is 6.65. The molecular weight excluding hydrogens is 212 g/mol. The molecule has 0 fully saturated rings. The summed E-state index contributed by atoms with van der Waals surface area (Å²) in [7, 11) is 0. The van der Waals surface area contributed by atoms with Gasteiger partial charge in [0.25, 0.3) is 0 Å². The van der Waals surface area contributed by atoms with Crippen LogP contribution in [0.1, 0.15) is 51.8 Å². The van der Waals surface area contributed by atoms with Gasteiger partial charge in [-0.05, 0) is 31.9 Å². The van der Waals surface area contributed by atoms with E-state index in [1.165, 1.54) is 12.8 Å². The van der Waals surface area contributed by atoms with Gasteiger partial charge < -0.3 is 10.0 Å². The number of hydrogen-bond acceptors (Lipinski definition) is 3. The molecule has 1 atom stereocenters. The van der Waals surface area contributed by atoms with Gasteiger partial charge in [0.1, 0.15) is 0 Å². The molecule has 0 aliphatic heterocycles. The number of anilines is 1. The zero-order valence-corrected chi connectivity index (χ0v) is 11.2. The summed E-state index contributed by atoms with van der Waals surface area (Å²) in [5.41, 5.74) is 1.91. The second-order valence-electron chi connectivity index (χ2n) is 4.30. The molecule has 0 amide bonds. The number of unbranched alkanes of at least 4 members (excludes halogenated alkanes) is 1. The van der Waals surface area contributed by atoms with Gasteiger partial charge in [0.05, 0.1) is 23.7 Å². The minimum absolute atomic E-state index is 0.435. The minimum atomic E-state index is -0.435. The molecule has 1 aromatic rings. The molecule has 0 unspecified atom stereocenters.